The predicted molar refractivity (Wildman–Crippen MR) is 91.0 cm³/mol. The summed E-state index contributed by atoms with van der Waals surface area (Å²) in [7, 11) is 0. The molecule has 0 radical (unpaired) electrons. The number of halogens is 1. The fourth-order valence-corrected chi connectivity index (χ4v) is 2.58. The molecule has 0 bridgehead atoms. The average molecular weight is 345 g/mol. The molecular weight excluding hydrogens is 325 g/mol. The first kappa shape index (κ1) is 17.2. The lowest BCUT2D eigenvalue weighted by Gasteiger charge is -2.29. The highest BCUT2D eigenvalue weighted by Gasteiger charge is 2.16. The number of carbonyl (C=O) groups excluding carboxylic acids is 1. The SMILES string of the molecule is O=C(COc1ccccc1F)NCc1cccnc1N1CCOCC1. The topological polar surface area (TPSA) is 63.7 Å². The van der Waals surface area contributed by atoms with Crippen molar-refractivity contribution in [3.05, 3.63) is 54.0 Å². The third-order valence-electron chi connectivity index (χ3n) is 3.85. The van der Waals surface area contributed by atoms with Gasteiger partial charge in [-0.1, -0.05) is 18.2 Å². The van der Waals surface area contributed by atoms with Crippen LogP contribution in [0, 0.1) is 5.82 Å². The van der Waals surface area contributed by atoms with Gasteiger partial charge < -0.3 is 19.7 Å². The molecule has 25 heavy (non-hydrogen) atoms. The number of para-hydroxylation sites is 1. The van der Waals surface area contributed by atoms with Crippen molar-refractivity contribution >= 4 is 11.7 Å². The molecule has 7 heteroatoms. The molecule has 3 rings (SSSR count). The van der Waals surface area contributed by atoms with Gasteiger partial charge in [0.15, 0.2) is 18.2 Å². The molecule has 2 heterocycles. The largest absolute Gasteiger partial charge is 0.481 e. The van der Waals surface area contributed by atoms with Crippen LogP contribution in [0.2, 0.25) is 0 Å². The van der Waals surface area contributed by atoms with Gasteiger partial charge in [0.25, 0.3) is 5.91 Å². The molecule has 1 fully saturated rings. The smallest absolute Gasteiger partial charge is 0.258 e. The van der Waals surface area contributed by atoms with Gasteiger partial charge in [-0.25, -0.2) is 9.37 Å². The number of pyridine rings is 1. The number of amides is 1. The van der Waals surface area contributed by atoms with Gasteiger partial charge >= 0.3 is 0 Å². The zero-order valence-electron chi connectivity index (χ0n) is 13.8. The first-order valence-electron chi connectivity index (χ1n) is 8.14. The van der Waals surface area contributed by atoms with Crippen molar-refractivity contribution in [3.63, 3.8) is 0 Å². The standard InChI is InChI=1S/C18H20FN3O3/c19-15-5-1-2-6-16(15)25-13-17(23)21-12-14-4-3-7-20-18(14)22-8-10-24-11-9-22/h1-7H,8-13H2,(H,21,23). The Hall–Kier alpha value is -2.67. The van der Waals surface area contributed by atoms with Crippen LogP contribution in [0.4, 0.5) is 10.2 Å². The van der Waals surface area contributed by atoms with Crippen molar-refractivity contribution in [1.29, 1.82) is 0 Å². The van der Waals surface area contributed by atoms with Crippen molar-refractivity contribution in [2.75, 3.05) is 37.8 Å². The second kappa shape index (κ2) is 8.43. The fourth-order valence-electron chi connectivity index (χ4n) is 2.58. The molecule has 1 aromatic carbocycles. The van der Waals surface area contributed by atoms with Crippen LogP contribution in [0.15, 0.2) is 42.6 Å². The van der Waals surface area contributed by atoms with Crippen LogP contribution in [0.25, 0.3) is 0 Å². The molecule has 1 saturated heterocycles. The highest BCUT2D eigenvalue weighted by Crippen LogP contribution is 2.18. The molecule has 1 aromatic heterocycles. The molecule has 0 unspecified atom stereocenters. The number of rotatable bonds is 6. The minimum Gasteiger partial charge on any atom is -0.481 e. The van der Waals surface area contributed by atoms with Crippen LogP contribution in [0.1, 0.15) is 5.56 Å². The van der Waals surface area contributed by atoms with E-state index in [1.165, 1.54) is 12.1 Å². The van der Waals surface area contributed by atoms with E-state index in [1.807, 2.05) is 12.1 Å². The van der Waals surface area contributed by atoms with E-state index in [0.29, 0.717) is 19.8 Å². The summed E-state index contributed by atoms with van der Waals surface area (Å²) in [4.78, 5) is 18.5. The van der Waals surface area contributed by atoms with Gasteiger partial charge in [-0.3, -0.25) is 4.79 Å². The molecule has 6 nitrogen and oxygen atoms in total. The predicted octanol–water partition coefficient (Wildman–Crippen LogP) is 1.75. The highest BCUT2D eigenvalue weighted by atomic mass is 19.1. The zero-order chi connectivity index (χ0) is 17.5. The third kappa shape index (κ3) is 4.67. The van der Waals surface area contributed by atoms with Gasteiger partial charge in [0.05, 0.1) is 13.2 Å². The molecule has 0 atom stereocenters. The number of nitrogens with one attached hydrogen (secondary N) is 1. The summed E-state index contributed by atoms with van der Waals surface area (Å²) in [6.45, 7) is 2.97. The van der Waals surface area contributed by atoms with E-state index in [-0.39, 0.29) is 18.3 Å². The van der Waals surface area contributed by atoms with Crippen molar-refractivity contribution in [1.82, 2.24) is 10.3 Å². The molecule has 0 aliphatic carbocycles. The van der Waals surface area contributed by atoms with E-state index in [9.17, 15) is 9.18 Å². The molecule has 132 valence electrons. The van der Waals surface area contributed by atoms with Gasteiger partial charge in [0.2, 0.25) is 0 Å². The Kier molecular flexibility index (Phi) is 5.79. The Morgan fingerprint density at radius 1 is 1.24 bits per heavy atom. The number of benzene rings is 1. The number of hydrogen-bond acceptors (Lipinski definition) is 5. The Balaban J connectivity index is 1.54. The maximum atomic E-state index is 13.5. The van der Waals surface area contributed by atoms with Crippen LogP contribution >= 0.6 is 0 Å². The number of ether oxygens (including phenoxy) is 2. The van der Waals surface area contributed by atoms with E-state index < -0.39 is 5.82 Å². The van der Waals surface area contributed by atoms with Crippen molar-refractivity contribution in [3.8, 4) is 5.75 Å². The normalized spacial score (nSPS) is 14.2. The van der Waals surface area contributed by atoms with Crippen LogP contribution in [-0.4, -0.2) is 43.8 Å². The quantitative estimate of drug-likeness (QED) is 0.864. The van der Waals surface area contributed by atoms with Gasteiger partial charge in [-0.2, -0.15) is 0 Å². The minimum atomic E-state index is -0.489. The van der Waals surface area contributed by atoms with E-state index >= 15 is 0 Å². The van der Waals surface area contributed by atoms with Crippen molar-refractivity contribution < 1.29 is 18.7 Å². The van der Waals surface area contributed by atoms with Crippen molar-refractivity contribution in [2.24, 2.45) is 0 Å². The van der Waals surface area contributed by atoms with E-state index in [2.05, 4.69) is 15.2 Å². The molecule has 1 aliphatic heterocycles. The summed E-state index contributed by atoms with van der Waals surface area (Å²) < 4.78 is 24.0. The van der Waals surface area contributed by atoms with Crippen LogP contribution in [0.5, 0.6) is 5.75 Å². The lowest BCUT2D eigenvalue weighted by Crippen LogP contribution is -2.38. The van der Waals surface area contributed by atoms with Crippen LogP contribution < -0.4 is 15.0 Å². The van der Waals surface area contributed by atoms with E-state index in [1.54, 1.807) is 18.3 Å². The third-order valence-corrected chi connectivity index (χ3v) is 3.85. The van der Waals surface area contributed by atoms with E-state index in [0.717, 1.165) is 24.5 Å². The average Bonchev–Trinajstić information content (AvgIpc) is 2.66. The van der Waals surface area contributed by atoms with Gasteiger partial charge in [-0.05, 0) is 18.2 Å². The summed E-state index contributed by atoms with van der Waals surface area (Å²) in [5.41, 5.74) is 0.920. The Morgan fingerprint density at radius 3 is 2.84 bits per heavy atom. The lowest BCUT2D eigenvalue weighted by molar-refractivity contribution is -0.123. The summed E-state index contributed by atoms with van der Waals surface area (Å²) in [5, 5.41) is 2.78. The van der Waals surface area contributed by atoms with Crippen LogP contribution in [-0.2, 0) is 16.1 Å². The zero-order valence-corrected chi connectivity index (χ0v) is 13.8. The van der Waals surface area contributed by atoms with Crippen LogP contribution in [0.3, 0.4) is 0 Å². The molecule has 1 amide bonds. The van der Waals surface area contributed by atoms with E-state index in [4.69, 9.17) is 9.47 Å². The molecule has 0 spiro atoms. The number of hydrogen-bond donors (Lipinski definition) is 1. The summed E-state index contributed by atoms with van der Waals surface area (Å²) in [6, 6.07) is 9.76. The molecule has 0 saturated carbocycles. The Bertz CT molecular complexity index is 720. The molecule has 1 aliphatic rings. The second-order valence-electron chi connectivity index (χ2n) is 5.58. The second-order valence-corrected chi connectivity index (χ2v) is 5.58. The lowest BCUT2D eigenvalue weighted by atomic mass is 10.2. The Labute approximate surface area is 145 Å². The number of carbonyl (C=O) groups is 1. The minimum absolute atomic E-state index is 0.0630. The fraction of sp³-hybridized carbons (Fsp3) is 0.333. The highest BCUT2D eigenvalue weighted by molar-refractivity contribution is 5.77. The maximum absolute atomic E-state index is 13.5. The molecule has 2 aromatic rings. The summed E-state index contributed by atoms with van der Waals surface area (Å²) >= 11 is 0. The number of nitrogens with zero attached hydrogens (tertiary/aromatic N) is 2. The summed E-state index contributed by atoms with van der Waals surface area (Å²) in [5.74, 6) is 0.103. The monoisotopic (exact) mass is 345 g/mol. The number of morpholine rings is 1. The number of aromatic nitrogens is 1. The van der Waals surface area contributed by atoms with Gasteiger partial charge in [-0.15, -0.1) is 0 Å². The van der Waals surface area contributed by atoms with Gasteiger partial charge in [0.1, 0.15) is 5.82 Å². The van der Waals surface area contributed by atoms with Crippen molar-refractivity contribution in [2.45, 2.75) is 6.54 Å². The first-order chi connectivity index (χ1) is 12.2. The first-order valence-corrected chi connectivity index (χ1v) is 8.14. The van der Waals surface area contributed by atoms with Gasteiger partial charge in [0, 0.05) is 31.4 Å². The molecular formula is C18H20FN3O3. The number of anilines is 1. The molecule has 1 N–H and O–H groups in total. The Morgan fingerprint density at radius 2 is 2.04 bits per heavy atom. The summed E-state index contributed by atoms with van der Waals surface area (Å²) in [6.07, 6.45) is 1.73. The maximum Gasteiger partial charge on any atom is 0.258 e.